The zero-order valence-electron chi connectivity index (χ0n) is 13.8. The number of nitrogens with one attached hydrogen (secondary N) is 1. The fourth-order valence-corrected chi connectivity index (χ4v) is 3.65. The molecule has 0 saturated carbocycles. The Morgan fingerprint density at radius 3 is 2.87 bits per heavy atom. The van der Waals surface area contributed by atoms with Gasteiger partial charge < -0.3 is 9.72 Å². The fourth-order valence-electron chi connectivity index (χ4n) is 3.65. The zero-order valence-corrected chi connectivity index (χ0v) is 13.8. The quantitative estimate of drug-likeness (QED) is 0.662. The third kappa shape index (κ3) is 2.90. The molecule has 4 nitrogen and oxygen atoms in total. The summed E-state index contributed by atoms with van der Waals surface area (Å²) in [6.07, 6.45) is 6.16. The molecule has 4 heteroatoms. The first-order valence-electron chi connectivity index (χ1n) is 8.40. The van der Waals surface area contributed by atoms with Crippen LogP contribution in [0.1, 0.15) is 65.4 Å². The number of aromatic nitrogens is 1. The molecule has 1 atom stereocenters. The van der Waals surface area contributed by atoms with Gasteiger partial charge in [0.1, 0.15) is 0 Å². The molecule has 1 N–H and O–H groups in total. The summed E-state index contributed by atoms with van der Waals surface area (Å²) in [5.74, 6) is 0.168. The highest BCUT2D eigenvalue weighted by atomic mass is 16.5. The molecule has 2 aromatic rings. The summed E-state index contributed by atoms with van der Waals surface area (Å²) in [5, 5.41) is 0.728. The van der Waals surface area contributed by atoms with Crippen LogP contribution in [0.4, 0.5) is 0 Å². The SMILES string of the molecule is CCCCCC1CC(=O)c2c([nH]c3cccc(C(=O)OC)c23)C1. The van der Waals surface area contributed by atoms with Gasteiger partial charge in [0.25, 0.3) is 0 Å². The maximum absolute atomic E-state index is 12.7. The number of hydrogen-bond donors (Lipinski definition) is 1. The molecule has 1 unspecified atom stereocenters. The van der Waals surface area contributed by atoms with Crippen LogP contribution in [0.25, 0.3) is 10.9 Å². The fraction of sp³-hybridized carbons (Fsp3) is 0.474. The Labute approximate surface area is 136 Å². The normalized spacial score (nSPS) is 17.3. The molecule has 0 radical (unpaired) electrons. The molecule has 0 spiro atoms. The van der Waals surface area contributed by atoms with Crippen molar-refractivity contribution < 1.29 is 14.3 Å². The largest absolute Gasteiger partial charge is 0.465 e. The van der Waals surface area contributed by atoms with Crippen molar-refractivity contribution in [3.8, 4) is 0 Å². The number of H-pyrrole nitrogens is 1. The number of ketones is 1. The molecule has 0 saturated heterocycles. The summed E-state index contributed by atoms with van der Waals surface area (Å²) in [5.41, 5.74) is 3.00. The van der Waals surface area contributed by atoms with Crippen LogP contribution in [0.3, 0.4) is 0 Å². The number of unbranched alkanes of at least 4 members (excludes halogenated alkanes) is 2. The summed E-state index contributed by atoms with van der Waals surface area (Å²) in [6.45, 7) is 2.19. The summed E-state index contributed by atoms with van der Waals surface area (Å²) in [7, 11) is 1.37. The molecule has 1 heterocycles. The molecule has 122 valence electrons. The monoisotopic (exact) mass is 313 g/mol. The van der Waals surface area contributed by atoms with Gasteiger partial charge in [0.05, 0.1) is 12.7 Å². The first-order chi connectivity index (χ1) is 11.2. The van der Waals surface area contributed by atoms with E-state index in [1.54, 1.807) is 6.07 Å². The summed E-state index contributed by atoms with van der Waals surface area (Å²) in [6, 6.07) is 5.46. The summed E-state index contributed by atoms with van der Waals surface area (Å²) in [4.78, 5) is 28.1. The summed E-state index contributed by atoms with van der Waals surface area (Å²) >= 11 is 0. The van der Waals surface area contributed by atoms with Crippen LogP contribution in [-0.2, 0) is 11.2 Å². The lowest BCUT2D eigenvalue weighted by Gasteiger charge is -2.21. The van der Waals surface area contributed by atoms with Gasteiger partial charge in [-0.3, -0.25) is 4.79 Å². The van der Waals surface area contributed by atoms with Crippen LogP contribution < -0.4 is 0 Å². The molecule has 1 aliphatic rings. The Balaban J connectivity index is 1.98. The van der Waals surface area contributed by atoms with Gasteiger partial charge in [-0.05, 0) is 30.9 Å². The minimum atomic E-state index is -0.393. The highest BCUT2D eigenvalue weighted by Crippen LogP contribution is 2.35. The first kappa shape index (κ1) is 15.8. The van der Waals surface area contributed by atoms with Gasteiger partial charge in [0, 0.05) is 28.6 Å². The van der Waals surface area contributed by atoms with E-state index in [4.69, 9.17) is 4.74 Å². The van der Waals surface area contributed by atoms with Gasteiger partial charge in [-0.15, -0.1) is 0 Å². The predicted octanol–water partition coefficient (Wildman–Crippen LogP) is 4.28. The van der Waals surface area contributed by atoms with E-state index in [2.05, 4.69) is 11.9 Å². The van der Waals surface area contributed by atoms with Crippen LogP contribution in [0.15, 0.2) is 18.2 Å². The smallest absolute Gasteiger partial charge is 0.338 e. The molecule has 0 amide bonds. The van der Waals surface area contributed by atoms with Gasteiger partial charge in [0.15, 0.2) is 5.78 Å². The molecule has 1 aromatic carbocycles. The van der Waals surface area contributed by atoms with E-state index in [1.165, 1.54) is 26.4 Å². The Morgan fingerprint density at radius 2 is 2.13 bits per heavy atom. The molecule has 1 aromatic heterocycles. The van der Waals surface area contributed by atoms with Crippen LogP contribution in [0.2, 0.25) is 0 Å². The van der Waals surface area contributed by atoms with Crippen LogP contribution in [0, 0.1) is 5.92 Å². The van der Waals surface area contributed by atoms with E-state index in [0.717, 1.165) is 29.4 Å². The van der Waals surface area contributed by atoms with Crippen LogP contribution >= 0.6 is 0 Å². The number of esters is 1. The number of carbonyl (C=O) groups excluding carboxylic acids is 2. The third-order valence-electron chi connectivity index (χ3n) is 4.77. The van der Waals surface area contributed by atoms with Crippen LogP contribution in [0.5, 0.6) is 0 Å². The van der Waals surface area contributed by atoms with Gasteiger partial charge >= 0.3 is 5.97 Å². The zero-order chi connectivity index (χ0) is 16.4. The van der Waals surface area contributed by atoms with Crippen molar-refractivity contribution in [1.29, 1.82) is 0 Å². The minimum Gasteiger partial charge on any atom is -0.465 e. The highest BCUT2D eigenvalue weighted by Gasteiger charge is 2.30. The van der Waals surface area contributed by atoms with Gasteiger partial charge in [-0.1, -0.05) is 32.3 Å². The highest BCUT2D eigenvalue weighted by molar-refractivity contribution is 6.16. The molecule has 0 aliphatic heterocycles. The second kappa shape index (κ2) is 6.57. The van der Waals surface area contributed by atoms with Crippen molar-refractivity contribution in [1.82, 2.24) is 4.98 Å². The standard InChI is InChI=1S/C19H23NO3/c1-3-4-5-7-12-10-15-18(16(21)11-12)17-13(19(22)23-2)8-6-9-14(17)20-15/h6,8-9,12,20H,3-5,7,10-11H2,1-2H3. The van der Waals surface area contributed by atoms with E-state index in [0.29, 0.717) is 23.5 Å². The van der Waals surface area contributed by atoms with Gasteiger partial charge in [-0.2, -0.15) is 0 Å². The lowest BCUT2D eigenvalue weighted by atomic mass is 9.82. The number of carbonyl (C=O) groups is 2. The van der Waals surface area contributed by atoms with Crippen molar-refractivity contribution in [3.05, 3.63) is 35.0 Å². The Kier molecular flexibility index (Phi) is 4.51. The molecule has 23 heavy (non-hydrogen) atoms. The van der Waals surface area contributed by atoms with E-state index >= 15 is 0 Å². The minimum absolute atomic E-state index is 0.148. The second-order valence-electron chi connectivity index (χ2n) is 6.39. The lowest BCUT2D eigenvalue weighted by Crippen LogP contribution is -2.20. The predicted molar refractivity (Wildman–Crippen MR) is 89.9 cm³/mol. The van der Waals surface area contributed by atoms with E-state index < -0.39 is 5.97 Å². The van der Waals surface area contributed by atoms with E-state index in [9.17, 15) is 9.59 Å². The van der Waals surface area contributed by atoms with Gasteiger partial charge in [-0.25, -0.2) is 4.79 Å². The number of fused-ring (bicyclic) bond motifs is 3. The first-order valence-corrected chi connectivity index (χ1v) is 8.40. The number of ether oxygens (including phenoxy) is 1. The second-order valence-corrected chi connectivity index (χ2v) is 6.39. The maximum atomic E-state index is 12.7. The van der Waals surface area contributed by atoms with E-state index in [1.807, 2.05) is 12.1 Å². The molecule has 1 aliphatic carbocycles. The Morgan fingerprint density at radius 1 is 1.30 bits per heavy atom. The molecular weight excluding hydrogens is 290 g/mol. The van der Waals surface area contributed by atoms with Crippen molar-refractivity contribution in [2.75, 3.05) is 7.11 Å². The molecule has 0 fully saturated rings. The number of benzene rings is 1. The number of aromatic amines is 1. The maximum Gasteiger partial charge on any atom is 0.338 e. The number of methoxy groups -OCH3 is 1. The van der Waals surface area contributed by atoms with Crippen molar-refractivity contribution in [2.45, 2.75) is 45.4 Å². The van der Waals surface area contributed by atoms with Gasteiger partial charge in [0.2, 0.25) is 0 Å². The third-order valence-corrected chi connectivity index (χ3v) is 4.77. The average molecular weight is 313 g/mol. The van der Waals surface area contributed by atoms with Crippen molar-refractivity contribution in [3.63, 3.8) is 0 Å². The van der Waals surface area contributed by atoms with Crippen molar-refractivity contribution >= 4 is 22.7 Å². The van der Waals surface area contributed by atoms with Crippen molar-refractivity contribution in [2.24, 2.45) is 5.92 Å². The van der Waals surface area contributed by atoms with Crippen LogP contribution in [-0.4, -0.2) is 23.8 Å². The number of Topliss-reactive ketones (excluding diaryl/α,β-unsaturated/α-hetero) is 1. The Hall–Kier alpha value is -2.10. The molecule has 0 bridgehead atoms. The Bertz CT molecular complexity index is 744. The molecular formula is C19H23NO3. The lowest BCUT2D eigenvalue weighted by molar-refractivity contribution is 0.0603. The topological polar surface area (TPSA) is 59.2 Å². The molecule has 3 rings (SSSR count). The average Bonchev–Trinajstić information content (AvgIpc) is 2.93. The number of hydrogen-bond acceptors (Lipinski definition) is 3. The summed E-state index contributed by atoms with van der Waals surface area (Å²) < 4.78 is 4.86. The number of rotatable bonds is 5. The van der Waals surface area contributed by atoms with E-state index in [-0.39, 0.29) is 5.78 Å².